The van der Waals surface area contributed by atoms with Gasteiger partial charge in [0.25, 0.3) is 5.91 Å². The zero-order chi connectivity index (χ0) is 15.8. The molecule has 1 unspecified atom stereocenters. The van der Waals surface area contributed by atoms with Gasteiger partial charge in [0.2, 0.25) is 5.75 Å². The second-order valence-corrected chi connectivity index (χ2v) is 4.16. The Bertz CT molecular complexity index is 505. The van der Waals surface area contributed by atoms with Crippen LogP contribution in [0.3, 0.4) is 0 Å². The highest BCUT2D eigenvalue weighted by Gasteiger charge is 2.23. The second-order valence-electron chi connectivity index (χ2n) is 4.16. The fourth-order valence-electron chi connectivity index (χ4n) is 1.70. The summed E-state index contributed by atoms with van der Waals surface area (Å²) >= 11 is 0. The molecule has 0 bridgehead atoms. The maximum atomic E-state index is 12.1. The van der Waals surface area contributed by atoms with Gasteiger partial charge in [-0.15, -0.1) is 0 Å². The lowest BCUT2D eigenvalue weighted by Crippen LogP contribution is -2.34. The third-order valence-corrected chi connectivity index (χ3v) is 2.58. The van der Waals surface area contributed by atoms with Crippen molar-refractivity contribution in [1.29, 1.82) is 0 Å². The maximum absolute atomic E-state index is 12.1. The van der Waals surface area contributed by atoms with Crippen LogP contribution in [0, 0.1) is 10.1 Å². The number of benzene rings is 1. The van der Waals surface area contributed by atoms with E-state index in [1.54, 1.807) is 6.92 Å². The number of nitrogens with zero attached hydrogens (tertiary/aromatic N) is 1. The molecule has 1 amide bonds. The van der Waals surface area contributed by atoms with E-state index < -0.39 is 16.9 Å². The van der Waals surface area contributed by atoms with Crippen LogP contribution < -0.4 is 10.1 Å². The van der Waals surface area contributed by atoms with Crippen molar-refractivity contribution in [2.24, 2.45) is 0 Å². The van der Waals surface area contributed by atoms with Crippen LogP contribution in [0.4, 0.5) is 5.69 Å². The zero-order valence-corrected chi connectivity index (χ0v) is 11.9. The molecule has 1 atom stereocenters. The van der Waals surface area contributed by atoms with Crippen molar-refractivity contribution in [2.45, 2.75) is 13.0 Å². The summed E-state index contributed by atoms with van der Waals surface area (Å²) < 4.78 is 9.95. The monoisotopic (exact) mass is 298 g/mol. The molecule has 0 aliphatic heterocycles. The summed E-state index contributed by atoms with van der Waals surface area (Å²) in [7, 11) is 1.43. The first-order valence-corrected chi connectivity index (χ1v) is 6.36. The Balaban J connectivity index is 2.92. The van der Waals surface area contributed by atoms with E-state index in [0.29, 0.717) is 0 Å². The molecule has 1 aromatic carbocycles. The summed E-state index contributed by atoms with van der Waals surface area (Å²) in [4.78, 5) is 22.4. The minimum absolute atomic E-state index is 0.0269. The standard InChI is InChI=1S/C13H18N2O6/c1-3-21-12-10(5-4-6-11(12)15(18)19)13(17)14-7-9(16)8-20-2/h4-6,9,16H,3,7-8H2,1-2H3,(H,14,17). The number of nitrogens with one attached hydrogen (secondary N) is 1. The highest BCUT2D eigenvalue weighted by Crippen LogP contribution is 2.30. The fourth-order valence-corrected chi connectivity index (χ4v) is 1.70. The number of nitro groups is 1. The predicted octanol–water partition coefficient (Wildman–Crippen LogP) is 0.731. The molecule has 1 rings (SSSR count). The van der Waals surface area contributed by atoms with Crippen LogP contribution in [0.25, 0.3) is 0 Å². The molecule has 0 fully saturated rings. The van der Waals surface area contributed by atoms with E-state index in [2.05, 4.69) is 5.32 Å². The number of hydrogen-bond donors (Lipinski definition) is 2. The van der Waals surface area contributed by atoms with Gasteiger partial charge >= 0.3 is 5.69 Å². The number of ether oxygens (including phenoxy) is 2. The number of aliphatic hydroxyl groups excluding tert-OH is 1. The smallest absolute Gasteiger partial charge is 0.311 e. The van der Waals surface area contributed by atoms with E-state index in [4.69, 9.17) is 9.47 Å². The van der Waals surface area contributed by atoms with Gasteiger partial charge in [-0.25, -0.2) is 0 Å². The lowest BCUT2D eigenvalue weighted by Gasteiger charge is -2.13. The highest BCUT2D eigenvalue weighted by molar-refractivity contribution is 5.98. The van der Waals surface area contributed by atoms with Crippen molar-refractivity contribution in [3.63, 3.8) is 0 Å². The van der Waals surface area contributed by atoms with Crippen LogP contribution in [0.2, 0.25) is 0 Å². The van der Waals surface area contributed by atoms with Crippen molar-refractivity contribution < 1.29 is 24.3 Å². The first-order valence-electron chi connectivity index (χ1n) is 6.36. The molecular formula is C13H18N2O6. The van der Waals surface area contributed by atoms with Gasteiger partial charge < -0.3 is 19.9 Å². The van der Waals surface area contributed by atoms with E-state index in [-0.39, 0.29) is 36.8 Å². The van der Waals surface area contributed by atoms with Crippen molar-refractivity contribution in [2.75, 3.05) is 26.9 Å². The second kappa shape index (κ2) is 8.18. The molecule has 21 heavy (non-hydrogen) atoms. The predicted molar refractivity (Wildman–Crippen MR) is 74.5 cm³/mol. The highest BCUT2D eigenvalue weighted by atomic mass is 16.6. The van der Waals surface area contributed by atoms with Crippen LogP contribution in [0.5, 0.6) is 5.75 Å². The van der Waals surface area contributed by atoms with Crippen molar-refractivity contribution in [3.05, 3.63) is 33.9 Å². The van der Waals surface area contributed by atoms with Gasteiger partial charge in [-0.2, -0.15) is 0 Å². The minimum atomic E-state index is -0.854. The first-order chi connectivity index (χ1) is 10.0. The Morgan fingerprint density at radius 2 is 2.24 bits per heavy atom. The zero-order valence-electron chi connectivity index (χ0n) is 11.9. The van der Waals surface area contributed by atoms with E-state index in [1.165, 1.54) is 25.3 Å². The lowest BCUT2D eigenvalue weighted by atomic mass is 10.1. The molecule has 1 aromatic rings. The van der Waals surface area contributed by atoms with Gasteiger partial charge in [-0.05, 0) is 13.0 Å². The quantitative estimate of drug-likeness (QED) is 0.540. The number of aliphatic hydroxyl groups is 1. The maximum Gasteiger partial charge on any atom is 0.311 e. The number of rotatable bonds is 8. The molecular weight excluding hydrogens is 280 g/mol. The average molecular weight is 298 g/mol. The summed E-state index contributed by atoms with van der Waals surface area (Å²) in [6, 6.07) is 4.10. The molecule has 0 spiro atoms. The number of hydrogen-bond acceptors (Lipinski definition) is 6. The topological polar surface area (TPSA) is 111 Å². The lowest BCUT2D eigenvalue weighted by molar-refractivity contribution is -0.385. The largest absolute Gasteiger partial charge is 0.487 e. The average Bonchev–Trinajstić information content (AvgIpc) is 2.45. The summed E-state index contributed by atoms with van der Waals surface area (Å²) in [5.74, 6) is -0.638. The molecule has 0 aliphatic rings. The molecule has 8 heteroatoms. The fraction of sp³-hybridized carbons (Fsp3) is 0.462. The van der Waals surface area contributed by atoms with Crippen molar-refractivity contribution in [1.82, 2.24) is 5.32 Å². The van der Waals surface area contributed by atoms with E-state index in [0.717, 1.165) is 0 Å². The van der Waals surface area contributed by atoms with Gasteiger partial charge in [0.05, 0.1) is 29.8 Å². The molecule has 0 aromatic heterocycles. The van der Waals surface area contributed by atoms with Crippen LogP contribution in [-0.4, -0.2) is 48.9 Å². The Kier molecular flexibility index (Phi) is 6.57. The Morgan fingerprint density at radius 1 is 1.52 bits per heavy atom. The van der Waals surface area contributed by atoms with E-state index >= 15 is 0 Å². The van der Waals surface area contributed by atoms with Crippen molar-refractivity contribution >= 4 is 11.6 Å². The number of carbonyl (C=O) groups excluding carboxylic acids is 1. The van der Waals surface area contributed by atoms with Gasteiger partial charge in [0.15, 0.2) is 0 Å². The van der Waals surface area contributed by atoms with E-state index in [9.17, 15) is 20.0 Å². The summed E-state index contributed by atoms with van der Waals surface area (Å²) in [5.41, 5.74) is -0.224. The van der Waals surface area contributed by atoms with E-state index in [1.807, 2.05) is 0 Å². The Labute approximate surface area is 121 Å². The number of methoxy groups -OCH3 is 1. The van der Waals surface area contributed by atoms with Gasteiger partial charge in [0, 0.05) is 19.7 Å². The SMILES string of the molecule is CCOc1c(C(=O)NCC(O)COC)cccc1[N+](=O)[O-]. The van der Waals surface area contributed by atoms with Crippen LogP contribution in [0.15, 0.2) is 18.2 Å². The van der Waals surface area contributed by atoms with Crippen LogP contribution in [-0.2, 0) is 4.74 Å². The number of carbonyl (C=O) groups is 1. The molecule has 0 heterocycles. The third-order valence-electron chi connectivity index (χ3n) is 2.58. The number of nitro benzene ring substituents is 1. The van der Waals surface area contributed by atoms with Crippen LogP contribution in [0.1, 0.15) is 17.3 Å². The Morgan fingerprint density at radius 3 is 2.81 bits per heavy atom. The molecule has 0 saturated heterocycles. The molecule has 2 N–H and O–H groups in total. The Hall–Kier alpha value is -2.19. The summed E-state index contributed by atoms with van der Waals surface area (Å²) in [6.07, 6.45) is -0.854. The molecule has 0 aliphatic carbocycles. The molecule has 116 valence electrons. The molecule has 8 nitrogen and oxygen atoms in total. The minimum Gasteiger partial charge on any atom is -0.487 e. The van der Waals surface area contributed by atoms with Crippen LogP contribution >= 0.6 is 0 Å². The summed E-state index contributed by atoms with van der Waals surface area (Å²) in [5, 5.41) is 22.9. The summed E-state index contributed by atoms with van der Waals surface area (Å²) in [6.45, 7) is 1.91. The third kappa shape index (κ3) is 4.69. The first kappa shape index (κ1) is 16.9. The van der Waals surface area contributed by atoms with Gasteiger partial charge in [-0.1, -0.05) is 6.07 Å². The van der Waals surface area contributed by atoms with Crippen molar-refractivity contribution in [3.8, 4) is 5.75 Å². The van der Waals surface area contributed by atoms with Gasteiger partial charge in [0.1, 0.15) is 0 Å². The molecule has 0 saturated carbocycles. The number of amides is 1. The van der Waals surface area contributed by atoms with Gasteiger partial charge in [-0.3, -0.25) is 14.9 Å². The molecule has 0 radical (unpaired) electrons. The number of para-hydroxylation sites is 1. The normalized spacial score (nSPS) is 11.8.